The van der Waals surface area contributed by atoms with Crippen LogP contribution in [0.2, 0.25) is 0 Å². The Balaban J connectivity index is 3.83. The summed E-state index contributed by atoms with van der Waals surface area (Å²) in [5, 5.41) is 0. The highest BCUT2D eigenvalue weighted by molar-refractivity contribution is 5.74. The molecule has 0 radical (unpaired) electrons. The van der Waals surface area contributed by atoms with E-state index in [1.165, 1.54) is 0 Å². The van der Waals surface area contributed by atoms with Gasteiger partial charge in [0.25, 0.3) is 0 Å². The van der Waals surface area contributed by atoms with Gasteiger partial charge in [-0.25, -0.2) is 4.79 Å². The summed E-state index contributed by atoms with van der Waals surface area (Å²) in [5.41, 5.74) is 0. The molecule has 0 aliphatic carbocycles. The zero-order valence-corrected chi connectivity index (χ0v) is 10.3. The summed E-state index contributed by atoms with van der Waals surface area (Å²) in [7, 11) is 0. The minimum Gasteiger partial charge on any atom is -0.464 e. The van der Waals surface area contributed by atoms with E-state index in [-0.39, 0.29) is 12.1 Å². The quantitative estimate of drug-likeness (QED) is 0.439. The van der Waals surface area contributed by atoms with Crippen molar-refractivity contribution in [1.29, 1.82) is 0 Å². The number of hydrogen-bond acceptors (Lipinski definition) is 3. The Labute approximate surface area is 93.1 Å². The Hall–Kier alpha value is -0.570. The second-order valence-corrected chi connectivity index (χ2v) is 3.67. The molecule has 0 N–H and O–H groups in total. The molecule has 90 valence electrons. The van der Waals surface area contributed by atoms with Gasteiger partial charge in [-0.2, -0.15) is 0 Å². The van der Waals surface area contributed by atoms with Gasteiger partial charge in [-0.15, -0.1) is 0 Å². The summed E-state index contributed by atoms with van der Waals surface area (Å²) in [5.74, 6) is -0.199. The molecule has 0 aromatic heterocycles. The molecule has 0 aliphatic heterocycles. The molecule has 0 bridgehead atoms. The van der Waals surface area contributed by atoms with Crippen molar-refractivity contribution >= 4 is 5.97 Å². The van der Waals surface area contributed by atoms with Crippen LogP contribution in [-0.4, -0.2) is 25.3 Å². The van der Waals surface area contributed by atoms with Crippen LogP contribution in [0.25, 0.3) is 0 Å². The number of rotatable bonds is 9. The van der Waals surface area contributed by atoms with Gasteiger partial charge in [-0.1, -0.05) is 33.6 Å². The van der Waals surface area contributed by atoms with Gasteiger partial charge in [-0.05, 0) is 19.3 Å². The fourth-order valence-electron chi connectivity index (χ4n) is 1.20. The first-order chi connectivity index (χ1) is 7.26. The van der Waals surface area contributed by atoms with Gasteiger partial charge < -0.3 is 9.47 Å². The SMILES string of the molecule is CCCCOC(CCC)C(=O)OCCC. The van der Waals surface area contributed by atoms with E-state index in [9.17, 15) is 4.79 Å². The van der Waals surface area contributed by atoms with Crippen molar-refractivity contribution in [3.63, 3.8) is 0 Å². The summed E-state index contributed by atoms with van der Waals surface area (Å²) in [6.07, 6.45) is 4.29. The highest BCUT2D eigenvalue weighted by Gasteiger charge is 2.18. The van der Waals surface area contributed by atoms with Crippen molar-refractivity contribution < 1.29 is 14.3 Å². The molecule has 0 spiro atoms. The molecule has 3 nitrogen and oxygen atoms in total. The molecule has 0 aromatic carbocycles. The standard InChI is InChI=1S/C12H24O3/c1-4-7-10-14-11(8-5-2)12(13)15-9-6-3/h11H,4-10H2,1-3H3. The number of hydrogen-bond donors (Lipinski definition) is 0. The van der Waals surface area contributed by atoms with Gasteiger partial charge in [0.2, 0.25) is 0 Å². The van der Waals surface area contributed by atoms with E-state index in [1.807, 2.05) is 13.8 Å². The monoisotopic (exact) mass is 216 g/mol. The molecule has 0 heterocycles. The average molecular weight is 216 g/mol. The Bertz CT molecular complexity index is 157. The van der Waals surface area contributed by atoms with Crippen LogP contribution in [0, 0.1) is 0 Å². The first kappa shape index (κ1) is 14.4. The van der Waals surface area contributed by atoms with Gasteiger partial charge in [0.1, 0.15) is 0 Å². The van der Waals surface area contributed by atoms with E-state index in [0.717, 1.165) is 32.1 Å². The van der Waals surface area contributed by atoms with Crippen molar-refractivity contribution in [2.75, 3.05) is 13.2 Å². The zero-order chi connectivity index (χ0) is 11.5. The first-order valence-corrected chi connectivity index (χ1v) is 6.04. The smallest absolute Gasteiger partial charge is 0.335 e. The van der Waals surface area contributed by atoms with Crippen LogP contribution in [-0.2, 0) is 14.3 Å². The van der Waals surface area contributed by atoms with Crippen LogP contribution in [0.4, 0.5) is 0 Å². The summed E-state index contributed by atoms with van der Waals surface area (Å²) in [6.45, 7) is 7.29. The highest BCUT2D eigenvalue weighted by Crippen LogP contribution is 2.06. The van der Waals surface area contributed by atoms with Crippen LogP contribution >= 0.6 is 0 Å². The largest absolute Gasteiger partial charge is 0.464 e. The normalized spacial score (nSPS) is 12.5. The van der Waals surface area contributed by atoms with Gasteiger partial charge >= 0.3 is 5.97 Å². The predicted molar refractivity (Wildman–Crippen MR) is 60.8 cm³/mol. The van der Waals surface area contributed by atoms with Crippen LogP contribution in [0.3, 0.4) is 0 Å². The van der Waals surface area contributed by atoms with E-state index in [0.29, 0.717) is 13.2 Å². The molecule has 1 unspecified atom stereocenters. The predicted octanol–water partition coefficient (Wildman–Crippen LogP) is 2.93. The molecule has 15 heavy (non-hydrogen) atoms. The van der Waals surface area contributed by atoms with Crippen molar-refractivity contribution in [2.24, 2.45) is 0 Å². The molecular formula is C12H24O3. The number of carbonyl (C=O) groups is 1. The minimum absolute atomic E-state index is 0.199. The Morgan fingerprint density at radius 3 is 2.33 bits per heavy atom. The molecule has 1 atom stereocenters. The third-order valence-corrected chi connectivity index (χ3v) is 2.08. The molecule has 0 saturated heterocycles. The van der Waals surface area contributed by atoms with Gasteiger partial charge in [0, 0.05) is 6.61 Å². The lowest BCUT2D eigenvalue weighted by molar-refractivity contribution is -0.157. The van der Waals surface area contributed by atoms with Gasteiger partial charge in [0.15, 0.2) is 6.10 Å². The maximum absolute atomic E-state index is 11.5. The molecule has 0 rings (SSSR count). The summed E-state index contributed by atoms with van der Waals surface area (Å²) in [4.78, 5) is 11.5. The van der Waals surface area contributed by atoms with Crippen LogP contribution < -0.4 is 0 Å². The molecule has 0 saturated carbocycles. The molecule has 0 aromatic rings. The number of esters is 1. The summed E-state index contributed by atoms with van der Waals surface area (Å²) < 4.78 is 10.6. The zero-order valence-electron chi connectivity index (χ0n) is 10.3. The fraction of sp³-hybridized carbons (Fsp3) is 0.917. The summed E-state index contributed by atoms with van der Waals surface area (Å²) in [6, 6.07) is 0. The van der Waals surface area contributed by atoms with E-state index >= 15 is 0 Å². The van der Waals surface area contributed by atoms with Gasteiger partial charge in [-0.3, -0.25) is 0 Å². The first-order valence-electron chi connectivity index (χ1n) is 6.04. The number of carbonyl (C=O) groups excluding carboxylic acids is 1. The van der Waals surface area contributed by atoms with Crippen LogP contribution in [0.1, 0.15) is 52.9 Å². The minimum atomic E-state index is -0.354. The average Bonchev–Trinajstić information content (AvgIpc) is 2.25. The lowest BCUT2D eigenvalue weighted by atomic mass is 10.2. The number of ether oxygens (including phenoxy) is 2. The van der Waals surface area contributed by atoms with Crippen molar-refractivity contribution in [3.05, 3.63) is 0 Å². The van der Waals surface area contributed by atoms with Crippen LogP contribution in [0.15, 0.2) is 0 Å². The second-order valence-electron chi connectivity index (χ2n) is 3.67. The fourth-order valence-corrected chi connectivity index (χ4v) is 1.20. The van der Waals surface area contributed by atoms with E-state index in [2.05, 4.69) is 6.92 Å². The lowest BCUT2D eigenvalue weighted by Gasteiger charge is -2.15. The maximum atomic E-state index is 11.5. The second kappa shape index (κ2) is 9.97. The van der Waals surface area contributed by atoms with Gasteiger partial charge in [0.05, 0.1) is 6.61 Å². The lowest BCUT2D eigenvalue weighted by Crippen LogP contribution is -2.27. The van der Waals surface area contributed by atoms with E-state index < -0.39 is 0 Å². The molecule has 3 heteroatoms. The Morgan fingerprint density at radius 2 is 1.80 bits per heavy atom. The molecule has 0 amide bonds. The molecule has 0 fully saturated rings. The highest BCUT2D eigenvalue weighted by atomic mass is 16.6. The molecule has 0 aliphatic rings. The Kier molecular flexibility index (Phi) is 9.59. The topological polar surface area (TPSA) is 35.5 Å². The third-order valence-electron chi connectivity index (χ3n) is 2.08. The number of unbranched alkanes of at least 4 members (excludes halogenated alkanes) is 1. The third kappa shape index (κ3) is 7.37. The van der Waals surface area contributed by atoms with E-state index in [4.69, 9.17) is 9.47 Å². The molecular weight excluding hydrogens is 192 g/mol. The summed E-state index contributed by atoms with van der Waals surface area (Å²) >= 11 is 0. The van der Waals surface area contributed by atoms with Crippen molar-refractivity contribution in [3.8, 4) is 0 Å². The van der Waals surface area contributed by atoms with Crippen molar-refractivity contribution in [2.45, 2.75) is 59.0 Å². The Morgan fingerprint density at radius 1 is 1.07 bits per heavy atom. The van der Waals surface area contributed by atoms with Crippen molar-refractivity contribution in [1.82, 2.24) is 0 Å². The van der Waals surface area contributed by atoms with E-state index in [1.54, 1.807) is 0 Å². The maximum Gasteiger partial charge on any atom is 0.335 e. The van der Waals surface area contributed by atoms with Crippen LogP contribution in [0.5, 0.6) is 0 Å².